The third-order valence-corrected chi connectivity index (χ3v) is 4.35. The molecular weight excluding hydrogens is 315 g/mol. The summed E-state index contributed by atoms with van der Waals surface area (Å²) >= 11 is 0. The maximum absolute atomic E-state index is 13.3. The molecule has 0 bridgehead atoms. The maximum atomic E-state index is 13.3. The minimum Gasteiger partial charge on any atom is -0.496 e. The zero-order valence-corrected chi connectivity index (χ0v) is 13.8. The van der Waals surface area contributed by atoms with Crippen LogP contribution in [-0.2, 0) is 6.18 Å². The van der Waals surface area contributed by atoms with Crippen LogP contribution in [0.25, 0.3) is 0 Å². The molecule has 130 valence electrons. The fourth-order valence-corrected chi connectivity index (χ4v) is 3.17. The number of para-hydroxylation sites is 1. The van der Waals surface area contributed by atoms with Crippen molar-refractivity contribution in [2.75, 3.05) is 13.7 Å². The van der Waals surface area contributed by atoms with Gasteiger partial charge in [0.1, 0.15) is 5.75 Å². The largest absolute Gasteiger partial charge is 0.496 e. The number of hydrogen-bond acceptors (Lipinski definition) is 2. The molecule has 0 radical (unpaired) electrons. The van der Waals surface area contributed by atoms with Crippen LogP contribution in [0.3, 0.4) is 0 Å². The summed E-state index contributed by atoms with van der Waals surface area (Å²) in [4.78, 5) is 0. The Morgan fingerprint density at radius 3 is 2.25 bits per heavy atom. The van der Waals surface area contributed by atoms with Gasteiger partial charge in [0.2, 0.25) is 0 Å². The van der Waals surface area contributed by atoms with Crippen LogP contribution in [0.5, 0.6) is 5.75 Å². The van der Waals surface area contributed by atoms with E-state index in [-0.39, 0.29) is 17.6 Å². The van der Waals surface area contributed by atoms with Crippen LogP contribution in [0.15, 0.2) is 48.5 Å². The lowest BCUT2D eigenvalue weighted by atomic mass is 9.80. The van der Waals surface area contributed by atoms with Crippen LogP contribution >= 0.6 is 0 Å². The summed E-state index contributed by atoms with van der Waals surface area (Å²) in [6, 6.07) is 13.9. The average Bonchev–Trinajstić information content (AvgIpc) is 2.58. The van der Waals surface area contributed by atoms with E-state index in [1.807, 2.05) is 37.3 Å². The molecule has 24 heavy (non-hydrogen) atoms. The van der Waals surface area contributed by atoms with Crippen molar-refractivity contribution in [3.05, 3.63) is 65.2 Å². The Labute approximate surface area is 140 Å². The molecule has 2 atom stereocenters. The summed E-state index contributed by atoms with van der Waals surface area (Å²) in [5, 5.41) is 0. The fraction of sp³-hybridized carbons (Fsp3) is 0.368. The highest BCUT2D eigenvalue weighted by atomic mass is 19.4. The summed E-state index contributed by atoms with van der Waals surface area (Å²) in [6.07, 6.45) is -3.76. The van der Waals surface area contributed by atoms with E-state index in [4.69, 9.17) is 10.5 Å². The van der Waals surface area contributed by atoms with Crippen molar-refractivity contribution in [2.45, 2.75) is 31.4 Å². The van der Waals surface area contributed by atoms with E-state index in [1.54, 1.807) is 6.07 Å². The third-order valence-electron chi connectivity index (χ3n) is 4.35. The van der Waals surface area contributed by atoms with Crippen molar-refractivity contribution < 1.29 is 17.9 Å². The highest BCUT2D eigenvalue weighted by Crippen LogP contribution is 2.44. The molecule has 2 rings (SSSR count). The van der Waals surface area contributed by atoms with Crippen molar-refractivity contribution in [1.82, 2.24) is 0 Å². The first kappa shape index (κ1) is 18.3. The molecule has 0 aliphatic heterocycles. The summed E-state index contributed by atoms with van der Waals surface area (Å²) in [5.41, 5.74) is 6.61. The second-order valence-corrected chi connectivity index (χ2v) is 5.81. The number of ether oxygens (including phenoxy) is 1. The van der Waals surface area contributed by atoms with Crippen LogP contribution in [0.2, 0.25) is 0 Å². The number of methoxy groups -OCH3 is 1. The maximum Gasteiger partial charge on any atom is 0.419 e. The van der Waals surface area contributed by atoms with Crippen molar-refractivity contribution in [3.63, 3.8) is 0 Å². The van der Waals surface area contributed by atoms with Gasteiger partial charge in [0, 0.05) is 0 Å². The monoisotopic (exact) mass is 337 g/mol. The average molecular weight is 337 g/mol. The minimum atomic E-state index is -4.45. The highest BCUT2D eigenvalue weighted by Gasteiger charge is 2.36. The van der Waals surface area contributed by atoms with Crippen molar-refractivity contribution >= 4 is 0 Å². The summed E-state index contributed by atoms with van der Waals surface area (Å²) < 4.78 is 44.9. The number of rotatable bonds is 6. The first-order valence-corrected chi connectivity index (χ1v) is 7.89. The lowest BCUT2D eigenvalue weighted by molar-refractivity contribution is -0.138. The topological polar surface area (TPSA) is 35.2 Å². The first-order chi connectivity index (χ1) is 11.4. The van der Waals surface area contributed by atoms with Gasteiger partial charge in [-0.05, 0) is 42.0 Å². The van der Waals surface area contributed by atoms with Crippen molar-refractivity contribution in [2.24, 2.45) is 5.73 Å². The number of alkyl halides is 3. The van der Waals surface area contributed by atoms with E-state index in [1.165, 1.54) is 13.2 Å². The molecule has 5 heteroatoms. The molecule has 0 heterocycles. The van der Waals surface area contributed by atoms with E-state index in [0.717, 1.165) is 11.6 Å². The molecule has 0 fully saturated rings. The molecule has 0 amide bonds. The Morgan fingerprint density at radius 1 is 1.04 bits per heavy atom. The van der Waals surface area contributed by atoms with Gasteiger partial charge in [-0.15, -0.1) is 0 Å². The second kappa shape index (κ2) is 7.71. The quantitative estimate of drug-likeness (QED) is 0.809. The van der Waals surface area contributed by atoms with Gasteiger partial charge in [-0.25, -0.2) is 0 Å². The Bertz CT molecular complexity index is 655. The van der Waals surface area contributed by atoms with Gasteiger partial charge in [-0.2, -0.15) is 13.2 Å². The van der Waals surface area contributed by atoms with E-state index in [0.29, 0.717) is 18.5 Å². The van der Waals surface area contributed by atoms with Gasteiger partial charge < -0.3 is 10.5 Å². The first-order valence-electron chi connectivity index (χ1n) is 7.89. The number of halogens is 3. The van der Waals surface area contributed by atoms with Crippen LogP contribution in [0.1, 0.15) is 41.9 Å². The SMILES string of the molecule is COc1c(C(C)C(CCN)c2ccccc2)cccc1C(F)(F)F. The molecule has 2 aromatic rings. The Balaban J connectivity index is 2.49. The Morgan fingerprint density at radius 2 is 1.71 bits per heavy atom. The summed E-state index contributed by atoms with van der Waals surface area (Å²) in [5.74, 6) is -0.239. The van der Waals surface area contributed by atoms with Gasteiger partial charge in [0.15, 0.2) is 0 Å². The molecule has 0 aromatic heterocycles. The number of nitrogens with two attached hydrogens (primary N) is 1. The molecule has 2 aromatic carbocycles. The molecule has 0 aliphatic carbocycles. The van der Waals surface area contributed by atoms with Crippen molar-refractivity contribution in [1.29, 1.82) is 0 Å². The number of benzene rings is 2. The third kappa shape index (κ3) is 3.90. The smallest absolute Gasteiger partial charge is 0.419 e. The Kier molecular flexibility index (Phi) is 5.89. The summed E-state index contributed by atoms with van der Waals surface area (Å²) in [6.45, 7) is 2.39. The molecule has 0 saturated carbocycles. The van der Waals surface area contributed by atoms with Crippen LogP contribution < -0.4 is 10.5 Å². The van der Waals surface area contributed by atoms with Gasteiger partial charge in [-0.1, -0.05) is 49.4 Å². The lowest BCUT2D eigenvalue weighted by Crippen LogP contribution is -2.16. The standard InChI is InChI=1S/C19H22F3NO/c1-13(15(11-12-23)14-7-4-3-5-8-14)16-9-6-10-17(18(16)24-2)19(20,21)22/h3-10,13,15H,11-12,23H2,1-2H3. The Hall–Kier alpha value is -2.01. The van der Waals surface area contributed by atoms with Gasteiger partial charge in [0.25, 0.3) is 0 Å². The molecule has 2 unspecified atom stereocenters. The zero-order chi connectivity index (χ0) is 17.7. The predicted molar refractivity (Wildman–Crippen MR) is 89.3 cm³/mol. The summed E-state index contributed by atoms with van der Waals surface area (Å²) in [7, 11) is 1.28. The van der Waals surface area contributed by atoms with E-state index in [2.05, 4.69) is 0 Å². The van der Waals surface area contributed by atoms with Crippen LogP contribution in [-0.4, -0.2) is 13.7 Å². The minimum absolute atomic E-state index is 0.0218. The van der Waals surface area contributed by atoms with E-state index >= 15 is 0 Å². The number of hydrogen-bond donors (Lipinski definition) is 1. The van der Waals surface area contributed by atoms with Crippen LogP contribution in [0.4, 0.5) is 13.2 Å². The highest BCUT2D eigenvalue weighted by molar-refractivity contribution is 5.46. The van der Waals surface area contributed by atoms with Gasteiger partial charge in [-0.3, -0.25) is 0 Å². The molecule has 2 nitrogen and oxygen atoms in total. The van der Waals surface area contributed by atoms with Gasteiger partial charge >= 0.3 is 6.18 Å². The molecule has 0 saturated heterocycles. The molecule has 2 N–H and O–H groups in total. The van der Waals surface area contributed by atoms with Gasteiger partial charge in [0.05, 0.1) is 12.7 Å². The van der Waals surface area contributed by atoms with E-state index < -0.39 is 11.7 Å². The molecule has 0 spiro atoms. The van der Waals surface area contributed by atoms with Crippen molar-refractivity contribution in [3.8, 4) is 5.75 Å². The van der Waals surface area contributed by atoms with E-state index in [9.17, 15) is 13.2 Å². The normalized spacial score (nSPS) is 14.2. The van der Waals surface area contributed by atoms with Crippen LogP contribution in [0, 0.1) is 0 Å². The molecule has 0 aliphatic rings. The lowest BCUT2D eigenvalue weighted by Gasteiger charge is -2.27. The molecular formula is C19H22F3NO. The predicted octanol–water partition coefficient (Wildman–Crippen LogP) is 4.95. The fourth-order valence-electron chi connectivity index (χ4n) is 3.17. The second-order valence-electron chi connectivity index (χ2n) is 5.81. The zero-order valence-electron chi connectivity index (χ0n) is 13.8.